The molecule has 2 heteroatoms. The Morgan fingerprint density at radius 2 is 2.25 bits per heavy atom. The fourth-order valence-corrected chi connectivity index (χ4v) is 0.994. The first-order valence-corrected chi connectivity index (χ1v) is 3.07. The van der Waals surface area contributed by atoms with Crippen LogP contribution in [0.1, 0.15) is 14.3 Å². The molecule has 1 saturated carbocycles. The van der Waals surface area contributed by atoms with Crippen LogP contribution in [0.15, 0.2) is 0 Å². The van der Waals surface area contributed by atoms with Crippen LogP contribution in [-0.2, 0) is 4.74 Å². The zero-order valence-corrected chi connectivity index (χ0v) is 5.48. The molecule has 0 bridgehead atoms. The maximum atomic E-state index is 5.08. The first-order valence-electron chi connectivity index (χ1n) is 3.07. The van der Waals surface area contributed by atoms with Crippen molar-refractivity contribution in [2.75, 3.05) is 14.2 Å². The number of nitrogens with one attached hydrogen (secondary N) is 1. The summed E-state index contributed by atoms with van der Waals surface area (Å²) in [6.45, 7) is 0. The predicted molar refractivity (Wildman–Crippen MR) is 35.0 cm³/mol. The lowest BCUT2D eigenvalue weighted by molar-refractivity contribution is 0.0196. The van der Waals surface area contributed by atoms with Crippen molar-refractivity contribution in [3.05, 3.63) is 0 Å². The Bertz CT molecular complexity index is 65.5. The molecule has 0 aromatic rings. The maximum Gasteiger partial charge on any atom is 0.0601 e. The molecule has 0 aliphatic heterocycles. The highest BCUT2D eigenvalue weighted by Gasteiger charge is 2.26. The summed E-state index contributed by atoms with van der Waals surface area (Å²) in [7, 11) is 3.77. The van der Waals surface area contributed by atoms with Crippen molar-refractivity contribution in [3.8, 4) is 0 Å². The molecule has 1 fully saturated rings. The minimum Gasteiger partial charge on any atom is -0.381 e. The van der Waals surface area contributed by atoms with Crippen molar-refractivity contribution in [2.45, 2.75) is 25.0 Å². The van der Waals surface area contributed by atoms with Crippen LogP contribution in [0.3, 0.4) is 0 Å². The van der Waals surface area contributed by atoms with E-state index in [4.69, 9.17) is 4.74 Å². The largest absolute Gasteiger partial charge is 0.381 e. The zero-order valence-electron chi connectivity index (χ0n) is 5.48. The Hall–Kier alpha value is -0.0800. The molecule has 0 radical (unpaired) electrons. The van der Waals surface area contributed by atoms with E-state index in [-0.39, 0.29) is 1.43 Å². The van der Waals surface area contributed by atoms with Crippen LogP contribution < -0.4 is 5.32 Å². The highest BCUT2D eigenvalue weighted by Crippen LogP contribution is 2.21. The van der Waals surface area contributed by atoms with Gasteiger partial charge in [-0.15, -0.1) is 0 Å². The number of rotatable bonds is 2. The Morgan fingerprint density at radius 3 is 2.62 bits per heavy atom. The van der Waals surface area contributed by atoms with Crippen LogP contribution in [0.2, 0.25) is 0 Å². The van der Waals surface area contributed by atoms with Crippen molar-refractivity contribution in [1.29, 1.82) is 0 Å². The Labute approximate surface area is 51.7 Å². The fourth-order valence-electron chi connectivity index (χ4n) is 0.994. The van der Waals surface area contributed by atoms with Gasteiger partial charge in [0.2, 0.25) is 0 Å². The molecule has 0 unspecified atom stereocenters. The molecular weight excluding hydrogens is 102 g/mol. The van der Waals surface area contributed by atoms with Gasteiger partial charge in [0.05, 0.1) is 6.10 Å². The summed E-state index contributed by atoms with van der Waals surface area (Å²) >= 11 is 0. The van der Waals surface area contributed by atoms with E-state index in [2.05, 4.69) is 5.32 Å². The van der Waals surface area contributed by atoms with Gasteiger partial charge < -0.3 is 10.1 Å². The number of hydrogen-bond acceptors (Lipinski definition) is 2. The minimum absolute atomic E-state index is 0. The van der Waals surface area contributed by atoms with E-state index in [9.17, 15) is 0 Å². The van der Waals surface area contributed by atoms with Crippen LogP contribution in [0.25, 0.3) is 0 Å². The van der Waals surface area contributed by atoms with Gasteiger partial charge in [0.1, 0.15) is 0 Å². The molecule has 2 nitrogen and oxygen atoms in total. The van der Waals surface area contributed by atoms with Crippen LogP contribution >= 0.6 is 0 Å². The molecule has 0 saturated heterocycles. The van der Waals surface area contributed by atoms with Crippen LogP contribution in [-0.4, -0.2) is 26.3 Å². The molecule has 0 atom stereocenters. The van der Waals surface area contributed by atoms with E-state index in [1.54, 1.807) is 7.11 Å². The highest BCUT2D eigenvalue weighted by molar-refractivity contribution is 4.84. The average Bonchev–Trinajstić information content (AvgIpc) is 1.65. The minimum atomic E-state index is 0. The van der Waals surface area contributed by atoms with E-state index in [0.717, 1.165) is 6.04 Å². The van der Waals surface area contributed by atoms with E-state index in [0.29, 0.717) is 6.10 Å². The second-order valence-corrected chi connectivity index (χ2v) is 2.31. The number of hydrogen-bond donors (Lipinski definition) is 1. The third-order valence-electron chi connectivity index (χ3n) is 1.84. The van der Waals surface area contributed by atoms with E-state index < -0.39 is 0 Å². The summed E-state index contributed by atoms with van der Waals surface area (Å²) in [6.07, 6.45) is 2.91. The molecule has 1 aliphatic carbocycles. The summed E-state index contributed by atoms with van der Waals surface area (Å²) in [5, 5.41) is 3.19. The smallest absolute Gasteiger partial charge is 0.0601 e. The molecule has 0 aromatic heterocycles. The molecule has 0 amide bonds. The zero-order chi connectivity index (χ0) is 5.98. The normalized spacial score (nSPS) is 36.8. The SMILES string of the molecule is CNC1CC(OC)C1.[HH]. The van der Waals surface area contributed by atoms with Gasteiger partial charge in [-0.05, 0) is 19.9 Å². The molecule has 0 spiro atoms. The molecule has 50 valence electrons. The average molecular weight is 117 g/mol. The van der Waals surface area contributed by atoms with Crippen molar-refractivity contribution < 1.29 is 6.16 Å². The molecular formula is C6H15NO. The van der Waals surface area contributed by atoms with Gasteiger partial charge >= 0.3 is 0 Å². The Kier molecular flexibility index (Phi) is 1.86. The van der Waals surface area contributed by atoms with Crippen molar-refractivity contribution >= 4 is 0 Å². The van der Waals surface area contributed by atoms with Crippen LogP contribution in [0.5, 0.6) is 0 Å². The highest BCUT2D eigenvalue weighted by atomic mass is 16.5. The monoisotopic (exact) mass is 117 g/mol. The first kappa shape index (κ1) is 6.05. The molecule has 1 rings (SSSR count). The third-order valence-corrected chi connectivity index (χ3v) is 1.84. The quantitative estimate of drug-likeness (QED) is 0.572. The second-order valence-electron chi connectivity index (χ2n) is 2.31. The lowest BCUT2D eigenvalue weighted by Gasteiger charge is -2.33. The van der Waals surface area contributed by atoms with Crippen LogP contribution in [0, 0.1) is 0 Å². The van der Waals surface area contributed by atoms with Gasteiger partial charge in [0, 0.05) is 14.6 Å². The fraction of sp³-hybridized carbons (Fsp3) is 1.00. The number of methoxy groups -OCH3 is 1. The Morgan fingerprint density at radius 1 is 1.62 bits per heavy atom. The predicted octanol–water partition coefficient (Wildman–Crippen LogP) is 0.629. The van der Waals surface area contributed by atoms with Gasteiger partial charge in [-0.2, -0.15) is 0 Å². The molecule has 0 aromatic carbocycles. The summed E-state index contributed by atoms with van der Waals surface area (Å²) in [5.74, 6) is 0. The van der Waals surface area contributed by atoms with Gasteiger partial charge in [0.15, 0.2) is 0 Å². The summed E-state index contributed by atoms with van der Waals surface area (Å²) in [5.41, 5.74) is 0. The molecule has 0 heterocycles. The molecule has 1 N–H and O–H groups in total. The standard InChI is InChI=1S/C6H13NO.H2/c1-7-5-3-6(4-5)8-2;/h5-7H,3-4H2,1-2H3;1H. The molecule has 8 heavy (non-hydrogen) atoms. The molecule has 1 aliphatic rings. The maximum absolute atomic E-state index is 5.08. The summed E-state index contributed by atoms with van der Waals surface area (Å²) in [4.78, 5) is 0. The topological polar surface area (TPSA) is 21.3 Å². The lowest BCUT2D eigenvalue weighted by atomic mass is 9.90. The lowest BCUT2D eigenvalue weighted by Crippen LogP contribution is -2.43. The van der Waals surface area contributed by atoms with Crippen LogP contribution in [0.4, 0.5) is 0 Å². The van der Waals surface area contributed by atoms with E-state index in [1.807, 2.05) is 7.05 Å². The second kappa shape index (κ2) is 2.46. The van der Waals surface area contributed by atoms with Gasteiger partial charge in [-0.3, -0.25) is 0 Å². The van der Waals surface area contributed by atoms with E-state index in [1.165, 1.54) is 12.8 Å². The summed E-state index contributed by atoms with van der Waals surface area (Å²) in [6, 6.07) is 0.722. The van der Waals surface area contributed by atoms with Gasteiger partial charge in [0.25, 0.3) is 0 Å². The Balaban J connectivity index is 0.000000640. The van der Waals surface area contributed by atoms with Gasteiger partial charge in [-0.25, -0.2) is 0 Å². The number of ether oxygens (including phenoxy) is 1. The van der Waals surface area contributed by atoms with E-state index >= 15 is 0 Å². The van der Waals surface area contributed by atoms with Crippen molar-refractivity contribution in [1.82, 2.24) is 5.32 Å². The third kappa shape index (κ3) is 1.01. The van der Waals surface area contributed by atoms with Crippen molar-refractivity contribution in [2.24, 2.45) is 0 Å². The summed E-state index contributed by atoms with van der Waals surface area (Å²) < 4.78 is 5.08. The van der Waals surface area contributed by atoms with Crippen molar-refractivity contribution in [3.63, 3.8) is 0 Å². The van der Waals surface area contributed by atoms with Gasteiger partial charge in [-0.1, -0.05) is 0 Å². The first-order chi connectivity index (χ1) is 3.86.